The monoisotopic (exact) mass is 254 g/mol. The van der Waals surface area contributed by atoms with Gasteiger partial charge in [0, 0.05) is 12.1 Å². The van der Waals surface area contributed by atoms with E-state index < -0.39 is 0 Å². The largest absolute Gasteiger partial charge is 0.313 e. The minimum atomic E-state index is -0.207. The molecule has 2 aromatic rings. The van der Waals surface area contributed by atoms with Crippen molar-refractivity contribution >= 4 is 0 Å². The van der Waals surface area contributed by atoms with Gasteiger partial charge in [0.15, 0.2) is 0 Å². The Morgan fingerprint density at radius 2 is 1.95 bits per heavy atom. The molecule has 0 unspecified atom stereocenters. The molecule has 0 heterocycles. The van der Waals surface area contributed by atoms with Crippen LogP contribution < -0.4 is 5.32 Å². The third kappa shape index (κ3) is 3.18. The Kier molecular flexibility index (Phi) is 4.27. The molecule has 0 saturated carbocycles. The SMILES string of the molecule is CCNCc1cc(-c2cccc(C#N)c2)ccc1F. The van der Waals surface area contributed by atoms with E-state index in [1.54, 1.807) is 12.1 Å². The first-order valence-corrected chi connectivity index (χ1v) is 6.24. The van der Waals surface area contributed by atoms with E-state index >= 15 is 0 Å². The van der Waals surface area contributed by atoms with Gasteiger partial charge in [0.05, 0.1) is 11.6 Å². The van der Waals surface area contributed by atoms with Crippen molar-refractivity contribution in [1.29, 1.82) is 5.26 Å². The zero-order chi connectivity index (χ0) is 13.7. The molecule has 0 aliphatic carbocycles. The third-order valence-corrected chi connectivity index (χ3v) is 2.94. The van der Waals surface area contributed by atoms with Gasteiger partial charge in [-0.2, -0.15) is 5.26 Å². The second-order valence-electron chi connectivity index (χ2n) is 4.28. The summed E-state index contributed by atoms with van der Waals surface area (Å²) >= 11 is 0. The maximum absolute atomic E-state index is 13.7. The molecule has 0 spiro atoms. The van der Waals surface area contributed by atoms with Crippen LogP contribution in [0.4, 0.5) is 4.39 Å². The van der Waals surface area contributed by atoms with Crippen molar-refractivity contribution in [2.24, 2.45) is 0 Å². The molecular weight excluding hydrogens is 239 g/mol. The van der Waals surface area contributed by atoms with Gasteiger partial charge >= 0.3 is 0 Å². The van der Waals surface area contributed by atoms with Gasteiger partial charge in [-0.15, -0.1) is 0 Å². The third-order valence-electron chi connectivity index (χ3n) is 2.94. The fraction of sp³-hybridized carbons (Fsp3) is 0.188. The first kappa shape index (κ1) is 13.3. The van der Waals surface area contributed by atoms with Crippen molar-refractivity contribution in [1.82, 2.24) is 5.32 Å². The zero-order valence-corrected chi connectivity index (χ0v) is 10.8. The first-order chi connectivity index (χ1) is 9.24. The van der Waals surface area contributed by atoms with Crippen LogP contribution in [0.3, 0.4) is 0 Å². The highest BCUT2D eigenvalue weighted by atomic mass is 19.1. The standard InChI is InChI=1S/C16H15FN2/c1-2-19-11-15-9-14(6-7-16(15)17)13-5-3-4-12(8-13)10-18/h3-9,19H,2,11H2,1H3. The van der Waals surface area contributed by atoms with Crippen molar-refractivity contribution in [3.8, 4) is 17.2 Å². The average molecular weight is 254 g/mol. The number of rotatable bonds is 4. The summed E-state index contributed by atoms with van der Waals surface area (Å²) in [6.07, 6.45) is 0. The molecule has 2 nitrogen and oxygen atoms in total. The molecule has 3 heteroatoms. The van der Waals surface area contributed by atoms with Crippen LogP contribution in [0.2, 0.25) is 0 Å². The van der Waals surface area contributed by atoms with E-state index in [9.17, 15) is 4.39 Å². The van der Waals surface area contributed by atoms with Crippen molar-refractivity contribution in [3.63, 3.8) is 0 Å². The molecule has 0 saturated heterocycles. The van der Waals surface area contributed by atoms with Crippen LogP contribution in [0, 0.1) is 17.1 Å². The lowest BCUT2D eigenvalue weighted by molar-refractivity contribution is 0.593. The molecule has 1 N–H and O–H groups in total. The summed E-state index contributed by atoms with van der Waals surface area (Å²) in [7, 11) is 0. The normalized spacial score (nSPS) is 10.2. The van der Waals surface area contributed by atoms with Crippen molar-refractivity contribution in [2.75, 3.05) is 6.54 Å². The van der Waals surface area contributed by atoms with Gasteiger partial charge < -0.3 is 5.32 Å². The number of benzene rings is 2. The number of halogens is 1. The second kappa shape index (κ2) is 6.12. The molecule has 2 rings (SSSR count). The molecule has 19 heavy (non-hydrogen) atoms. The van der Waals surface area contributed by atoms with Crippen LogP contribution in [0.25, 0.3) is 11.1 Å². The van der Waals surface area contributed by atoms with Gasteiger partial charge in [-0.25, -0.2) is 4.39 Å². The Hall–Kier alpha value is -2.18. The van der Waals surface area contributed by atoms with Gasteiger partial charge in [-0.3, -0.25) is 0 Å². The number of nitriles is 1. The Morgan fingerprint density at radius 3 is 2.68 bits per heavy atom. The van der Waals surface area contributed by atoms with E-state index in [1.807, 2.05) is 31.2 Å². The van der Waals surface area contributed by atoms with E-state index in [2.05, 4.69) is 11.4 Å². The summed E-state index contributed by atoms with van der Waals surface area (Å²) in [5, 5.41) is 12.0. The summed E-state index contributed by atoms with van der Waals surface area (Å²) in [6, 6.07) is 14.5. The van der Waals surface area contributed by atoms with Crippen molar-refractivity contribution in [3.05, 3.63) is 59.4 Å². The van der Waals surface area contributed by atoms with Crippen LogP contribution in [0.15, 0.2) is 42.5 Å². The fourth-order valence-corrected chi connectivity index (χ4v) is 1.92. The highest BCUT2D eigenvalue weighted by Gasteiger charge is 2.05. The van der Waals surface area contributed by atoms with E-state index in [4.69, 9.17) is 5.26 Å². The fourth-order valence-electron chi connectivity index (χ4n) is 1.92. The van der Waals surface area contributed by atoms with Gasteiger partial charge in [-0.1, -0.05) is 25.1 Å². The highest BCUT2D eigenvalue weighted by Crippen LogP contribution is 2.23. The maximum atomic E-state index is 13.7. The molecule has 0 aliphatic rings. The molecule has 0 fully saturated rings. The maximum Gasteiger partial charge on any atom is 0.127 e. The molecule has 0 bridgehead atoms. The Bertz CT molecular complexity index is 614. The predicted molar refractivity (Wildman–Crippen MR) is 73.9 cm³/mol. The Morgan fingerprint density at radius 1 is 1.16 bits per heavy atom. The van der Waals surface area contributed by atoms with Gasteiger partial charge in [0.25, 0.3) is 0 Å². The minimum absolute atomic E-state index is 0.207. The summed E-state index contributed by atoms with van der Waals surface area (Å²) in [4.78, 5) is 0. The number of hydrogen-bond donors (Lipinski definition) is 1. The van der Waals surface area contributed by atoms with Crippen molar-refractivity contribution in [2.45, 2.75) is 13.5 Å². The van der Waals surface area contributed by atoms with E-state index in [0.717, 1.165) is 17.7 Å². The summed E-state index contributed by atoms with van der Waals surface area (Å²) < 4.78 is 13.7. The molecule has 2 aromatic carbocycles. The van der Waals surface area contributed by atoms with Gasteiger partial charge in [0.1, 0.15) is 5.82 Å². The van der Waals surface area contributed by atoms with Crippen LogP contribution in [-0.2, 0) is 6.54 Å². The second-order valence-corrected chi connectivity index (χ2v) is 4.28. The number of hydrogen-bond acceptors (Lipinski definition) is 2. The first-order valence-electron chi connectivity index (χ1n) is 6.24. The lowest BCUT2D eigenvalue weighted by atomic mass is 10.0. The van der Waals surface area contributed by atoms with Crippen LogP contribution in [-0.4, -0.2) is 6.54 Å². The molecule has 96 valence electrons. The highest BCUT2D eigenvalue weighted by molar-refractivity contribution is 5.66. The quantitative estimate of drug-likeness (QED) is 0.906. The summed E-state index contributed by atoms with van der Waals surface area (Å²) in [5.41, 5.74) is 3.10. The van der Waals surface area contributed by atoms with Gasteiger partial charge in [0.2, 0.25) is 0 Å². The van der Waals surface area contributed by atoms with Gasteiger partial charge in [-0.05, 0) is 41.9 Å². The molecular formula is C16H15FN2. The molecule has 0 aromatic heterocycles. The van der Waals surface area contributed by atoms with Crippen LogP contribution in [0.1, 0.15) is 18.1 Å². The number of nitrogens with zero attached hydrogens (tertiary/aromatic N) is 1. The lowest BCUT2D eigenvalue weighted by Gasteiger charge is -2.08. The molecule has 0 aliphatic heterocycles. The van der Waals surface area contributed by atoms with Crippen LogP contribution >= 0.6 is 0 Å². The summed E-state index contributed by atoms with van der Waals surface area (Å²) in [5.74, 6) is -0.207. The minimum Gasteiger partial charge on any atom is -0.313 e. The van der Waals surface area contributed by atoms with E-state index in [1.165, 1.54) is 6.07 Å². The molecule has 0 atom stereocenters. The van der Waals surface area contributed by atoms with Crippen LogP contribution in [0.5, 0.6) is 0 Å². The molecule has 0 radical (unpaired) electrons. The van der Waals surface area contributed by atoms with E-state index in [-0.39, 0.29) is 5.82 Å². The predicted octanol–water partition coefficient (Wildman–Crippen LogP) is 3.47. The lowest BCUT2D eigenvalue weighted by Crippen LogP contribution is -2.12. The topological polar surface area (TPSA) is 35.8 Å². The zero-order valence-electron chi connectivity index (χ0n) is 10.8. The van der Waals surface area contributed by atoms with Crippen molar-refractivity contribution < 1.29 is 4.39 Å². The van der Waals surface area contributed by atoms with E-state index in [0.29, 0.717) is 17.7 Å². The average Bonchev–Trinajstić information content (AvgIpc) is 2.46. The molecule has 0 amide bonds. The number of nitrogens with one attached hydrogen (secondary N) is 1. The Balaban J connectivity index is 2.37. The Labute approximate surface area is 112 Å². The smallest absolute Gasteiger partial charge is 0.127 e. The summed E-state index contributed by atoms with van der Waals surface area (Å²) in [6.45, 7) is 3.29.